The summed E-state index contributed by atoms with van der Waals surface area (Å²) >= 11 is 0. The quantitative estimate of drug-likeness (QED) is 0.0244. The Labute approximate surface area is 387 Å². The van der Waals surface area contributed by atoms with Gasteiger partial charge in [-0.05, 0) is 50.6 Å². The summed E-state index contributed by atoms with van der Waals surface area (Å²) in [5.41, 5.74) is 1.68. The first kappa shape index (κ1) is 53.8. The molecule has 67 heavy (non-hydrogen) atoms. The van der Waals surface area contributed by atoms with Crippen LogP contribution in [-0.2, 0) is 55.1 Å². The van der Waals surface area contributed by atoms with Gasteiger partial charge < -0.3 is 53.2 Å². The van der Waals surface area contributed by atoms with Crippen molar-refractivity contribution in [2.75, 3.05) is 86.1 Å². The van der Waals surface area contributed by atoms with Crippen molar-refractivity contribution in [2.45, 2.75) is 39.8 Å². The average molecular weight is 975 g/mol. The highest BCUT2D eigenvalue weighted by molar-refractivity contribution is 7.52. The number of aldehydes is 1. The Kier molecular flexibility index (Phi) is 22.3. The van der Waals surface area contributed by atoms with E-state index < -0.39 is 46.3 Å². The number of carbonyl (C=O) groups excluding carboxylic acids is 2. The Balaban J connectivity index is 1.82. The van der Waals surface area contributed by atoms with E-state index in [-0.39, 0.29) is 114 Å². The van der Waals surface area contributed by atoms with Crippen LogP contribution in [0.4, 0.5) is 0 Å². The third-order valence-corrected chi connectivity index (χ3v) is 11.7. The summed E-state index contributed by atoms with van der Waals surface area (Å²) in [6.07, 6.45) is 3.38. The maximum Gasteiger partial charge on any atom is 0.342 e. The third-order valence-electron chi connectivity index (χ3n) is 9.00. The maximum atomic E-state index is 13.4. The Morgan fingerprint density at radius 2 is 1.49 bits per heavy atom. The number of aliphatic carboxylic acids is 2. The fourth-order valence-corrected chi connectivity index (χ4v) is 8.36. The first-order valence-electron chi connectivity index (χ1n) is 20.9. The number of ether oxygens (including phenoxy) is 4. The van der Waals surface area contributed by atoms with E-state index in [0.29, 0.717) is 28.8 Å². The lowest BCUT2D eigenvalue weighted by atomic mass is 10.1. The van der Waals surface area contributed by atoms with Gasteiger partial charge in [0.15, 0.2) is 11.6 Å². The van der Waals surface area contributed by atoms with Crippen molar-refractivity contribution >= 4 is 39.8 Å². The summed E-state index contributed by atoms with van der Waals surface area (Å²) in [6.45, 7) is 3.63. The Morgan fingerprint density at radius 1 is 0.866 bits per heavy atom. The van der Waals surface area contributed by atoms with Gasteiger partial charge in [-0.3, -0.25) is 33.3 Å². The van der Waals surface area contributed by atoms with Crippen LogP contribution in [0, 0.1) is 11.8 Å². The number of nitrogens with zero attached hydrogens (tertiary/aromatic N) is 7. The molecular formula is C42H56N8O15P2. The number of hydrogen-bond donors (Lipinski definition) is 4. The average Bonchev–Trinajstić information content (AvgIpc) is 3.94. The Morgan fingerprint density at radius 3 is 2.06 bits per heavy atom. The summed E-state index contributed by atoms with van der Waals surface area (Å²) in [7, 11) is -3.58. The van der Waals surface area contributed by atoms with Crippen LogP contribution in [0.1, 0.15) is 59.6 Å². The topological polar surface area (TPSA) is 286 Å². The van der Waals surface area contributed by atoms with Gasteiger partial charge in [-0.2, -0.15) is 10.2 Å². The normalized spacial score (nSPS) is 12.6. The van der Waals surface area contributed by atoms with Gasteiger partial charge in [-0.25, -0.2) is 14.3 Å². The van der Waals surface area contributed by atoms with Gasteiger partial charge in [-0.1, -0.05) is 11.8 Å². The molecule has 25 heteroatoms. The molecule has 0 aliphatic rings. The van der Waals surface area contributed by atoms with E-state index in [2.05, 4.69) is 27.4 Å². The van der Waals surface area contributed by atoms with E-state index in [4.69, 9.17) is 38.1 Å². The number of methoxy groups -OCH3 is 2. The Hall–Kier alpha value is -5.79. The summed E-state index contributed by atoms with van der Waals surface area (Å²) in [5, 5.41) is 30.6. The largest absolute Gasteiger partial charge is 0.490 e. The summed E-state index contributed by atoms with van der Waals surface area (Å²) < 4.78 is 60.4. The lowest BCUT2D eigenvalue weighted by Gasteiger charge is -2.21. The molecule has 23 nitrogen and oxygen atoms in total. The third kappa shape index (κ3) is 18.4. The molecule has 0 aliphatic carbocycles. The summed E-state index contributed by atoms with van der Waals surface area (Å²) in [4.78, 5) is 65.5. The van der Waals surface area contributed by atoms with Crippen LogP contribution in [0.25, 0.3) is 11.6 Å². The van der Waals surface area contributed by atoms with Crippen LogP contribution >= 0.6 is 15.6 Å². The predicted molar refractivity (Wildman–Crippen MR) is 241 cm³/mol. The molecule has 4 N–H and O–H groups in total. The fraction of sp³-hybridized carbons (Fsp3) is 0.452. The van der Waals surface area contributed by atoms with Crippen molar-refractivity contribution in [2.24, 2.45) is 0 Å². The Bertz CT molecular complexity index is 2360. The van der Waals surface area contributed by atoms with Crippen LogP contribution < -0.4 is 14.8 Å². The second-order valence-corrected chi connectivity index (χ2v) is 17.5. The fourth-order valence-electron chi connectivity index (χ4n) is 6.16. The molecule has 3 aromatic heterocycles. The molecule has 4 aromatic rings. The number of aromatic nitrogens is 5. The minimum absolute atomic E-state index is 0.00406. The van der Waals surface area contributed by atoms with Crippen LogP contribution in [0.5, 0.6) is 11.5 Å². The number of amides is 1. The van der Waals surface area contributed by atoms with Crippen molar-refractivity contribution in [3.8, 4) is 35.0 Å². The lowest BCUT2D eigenvalue weighted by Crippen LogP contribution is -2.29. The van der Waals surface area contributed by atoms with Gasteiger partial charge in [0.1, 0.15) is 37.3 Å². The van der Waals surface area contributed by atoms with Crippen LogP contribution in [-0.4, -0.2) is 160 Å². The van der Waals surface area contributed by atoms with Gasteiger partial charge in [0, 0.05) is 64.3 Å². The smallest absolute Gasteiger partial charge is 0.342 e. The van der Waals surface area contributed by atoms with Gasteiger partial charge >= 0.3 is 19.5 Å². The highest BCUT2D eigenvalue weighted by atomic mass is 31.2. The van der Waals surface area contributed by atoms with E-state index in [1.165, 1.54) is 39.4 Å². The molecule has 1 aromatic carbocycles. The number of carbonyl (C=O) groups is 4. The zero-order valence-electron chi connectivity index (χ0n) is 37.6. The van der Waals surface area contributed by atoms with Crippen molar-refractivity contribution in [3.63, 3.8) is 0 Å². The zero-order chi connectivity index (χ0) is 48.8. The number of hydrogen-bond acceptors (Lipinski definition) is 17. The van der Waals surface area contributed by atoms with Crippen LogP contribution in [0.15, 0.2) is 48.8 Å². The molecule has 0 fully saturated rings. The van der Waals surface area contributed by atoms with Crippen LogP contribution in [0.2, 0.25) is 0 Å². The van der Waals surface area contributed by atoms with Gasteiger partial charge in [-0.15, -0.1) is 0 Å². The number of pyridine rings is 1. The molecule has 0 aliphatic heterocycles. The van der Waals surface area contributed by atoms with E-state index in [1.807, 2.05) is 0 Å². The second kappa shape index (κ2) is 27.8. The minimum Gasteiger partial charge on any atom is -0.490 e. The molecule has 3 heterocycles. The first-order chi connectivity index (χ1) is 32.2. The molecule has 0 radical (unpaired) electrons. The number of rotatable bonds is 31. The summed E-state index contributed by atoms with van der Waals surface area (Å²) in [6, 6.07) is 9.60. The molecule has 0 saturated heterocycles. The predicted octanol–water partition coefficient (Wildman–Crippen LogP) is 3.03. The highest BCUT2D eigenvalue weighted by Gasteiger charge is 2.24. The van der Waals surface area contributed by atoms with Crippen molar-refractivity contribution < 1.29 is 71.4 Å². The molecule has 2 atom stereocenters. The molecular weight excluding hydrogens is 918 g/mol. The van der Waals surface area contributed by atoms with E-state index in [9.17, 15) is 38.3 Å². The number of nitrogens with one attached hydrogen (secondary N) is 1. The van der Waals surface area contributed by atoms with E-state index in [1.54, 1.807) is 56.6 Å². The molecule has 0 bridgehead atoms. The summed E-state index contributed by atoms with van der Waals surface area (Å²) in [5.74, 6) is 4.50. The molecule has 4 rings (SSSR count). The minimum atomic E-state index is -4.03. The van der Waals surface area contributed by atoms with Crippen molar-refractivity contribution in [3.05, 3.63) is 76.9 Å². The van der Waals surface area contributed by atoms with Crippen LogP contribution in [0.3, 0.4) is 0 Å². The lowest BCUT2D eigenvalue weighted by molar-refractivity contribution is -0.138. The highest BCUT2D eigenvalue weighted by Crippen LogP contribution is 2.42. The molecule has 2 unspecified atom stereocenters. The standard InChI is InChI=1S/C42H56N8O15P2/c1-5-64-66(57)29-48(28-41(54)55)27-34-12-15-50(46-34)39-23-31(22-38(44-39)49-14-11-33(45-49)26-47(16-17-51)30-67(58,59)65-6-2)9-10-32-24-37(63-21-19-61-4)35(25-36(32)62-20-18-60-3)42(56)43-13-7-8-40(52)53/h11-12,14-15,17,22-25,66H,5-8,13,16,18-21,26-30H2,1-4H3,(H,43,56)(H,52,53)(H,54,55)(H,58,59). The van der Waals surface area contributed by atoms with Gasteiger partial charge in [0.2, 0.25) is 8.03 Å². The zero-order valence-corrected chi connectivity index (χ0v) is 39.5. The molecule has 0 saturated carbocycles. The van der Waals surface area contributed by atoms with Gasteiger partial charge in [0.25, 0.3) is 5.91 Å². The number of carboxylic acids is 2. The molecule has 0 spiro atoms. The first-order valence-corrected chi connectivity index (χ1v) is 24.2. The maximum absolute atomic E-state index is 13.4. The van der Waals surface area contributed by atoms with E-state index in [0.717, 1.165) is 0 Å². The number of carboxylic acid groups (broad SMARTS) is 2. The monoisotopic (exact) mass is 974 g/mol. The van der Waals surface area contributed by atoms with E-state index >= 15 is 0 Å². The second-order valence-electron chi connectivity index (χ2n) is 14.3. The van der Waals surface area contributed by atoms with Crippen molar-refractivity contribution in [1.29, 1.82) is 0 Å². The van der Waals surface area contributed by atoms with Crippen molar-refractivity contribution in [1.82, 2.24) is 39.7 Å². The van der Waals surface area contributed by atoms with Gasteiger partial charge in [0.05, 0.1) is 68.3 Å². The molecule has 1 amide bonds. The SMILES string of the molecule is CCO[PH](=O)CN(CC(=O)O)Cc1ccn(-c2cc(C#Cc3cc(OCCOC)c(C(=O)NCCCC(=O)O)cc3OCCOC)cc(-n3ccc(CN(CC=O)CP(=O)(O)OCC)n3)n2)n1. The molecule has 364 valence electrons. The number of benzene rings is 1.